The Hall–Kier alpha value is -0.634. The predicted molar refractivity (Wildman–Crippen MR) is 135 cm³/mol. The van der Waals surface area contributed by atoms with Gasteiger partial charge in [0, 0.05) is 4.43 Å². The molecule has 1 unspecified atom stereocenters. The van der Waals surface area contributed by atoms with Gasteiger partial charge in [-0.1, -0.05) is 114 Å². The van der Waals surface area contributed by atoms with Crippen molar-refractivity contribution in [3.8, 4) is 0 Å². The predicted octanol–water partition coefficient (Wildman–Crippen LogP) is 5.75. The van der Waals surface area contributed by atoms with Gasteiger partial charge in [0.15, 0.2) is 0 Å². The fraction of sp³-hybridized carbons (Fsp3) is 0.250. The molecular weight excluding hydrogens is 578 g/mol. The Morgan fingerprint density at radius 3 is 1.54 bits per heavy atom. The summed E-state index contributed by atoms with van der Waals surface area (Å²) in [4.78, 5) is 7.09. The summed E-state index contributed by atoms with van der Waals surface area (Å²) < 4.78 is 7.83. The molecule has 0 spiro atoms. The summed E-state index contributed by atoms with van der Waals surface area (Å²) >= 11 is 1.89. The molecule has 0 aromatic heterocycles. The third-order valence-corrected chi connectivity index (χ3v) is 6.73. The van der Waals surface area contributed by atoms with Crippen LogP contribution in [0.3, 0.4) is 0 Å². The van der Waals surface area contributed by atoms with E-state index in [0.717, 1.165) is 10.8 Å². The fourth-order valence-electron chi connectivity index (χ4n) is 2.68. The SMILES string of the molecule is ICCC(O[Si](c1ccccc1)c1ccccc1)c1ccccc1.[CH3][Sn]([CH3])[CH3]. The third-order valence-electron chi connectivity index (χ3n) is 3.87. The van der Waals surface area contributed by atoms with E-state index in [4.69, 9.17) is 4.43 Å². The van der Waals surface area contributed by atoms with Crippen molar-refractivity contribution >= 4 is 61.8 Å². The van der Waals surface area contributed by atoms with Crippen LogP contribution in [-0.4, -0.2) is 33.2 Å². The summed E-state index contributed by atoms with van der Waals surface area (Å²) in [5.74, 6) is 0. The molecule has 0 aliphatic heterocycles. The third kappa shape index (κ3) is 8.39. The van der Waals surface area contributed by atoms with Crippen LogP contribution in [0.1, 0.15) is 18.1 Å². The van der Waals surface area contributed by atoms with E-state index < -0.39 is 28.8 Å². The maximum absolute atomic E-state index is 6.75. The number of halogens is 1. The Labute approximate surface area is 193 Å². The molecule has 0 heterocycles. The average Bonchev–Trinajstić information content (AvgIpc) is 2.72. The van der Waals surface area contributed by atoms with Crippen LogP contribution in [-0.2, 0) is 4.43 Å². The van der Waals surface area contributed by atoms with E-state index in [1.807, 2.05) is 0 Å². The van der Waals surface area contributed by atoms with Crippen molar-refractivity contribution < 1.29 is 4.43 Å². The molecule has 0 amide bonds. The van der Waals surface area contributed by atoms with E-state index in [-0.39, 0.29) is 6.10 Å². The summed E-state index contributed by atoms with van der Waals surface area (Å²) in [7, 11) is -1.27. The quantitative estimate of drug-likeness (QED) is 0.189. The Kier molecular flexibility index (Phi) is 11.5. The molecule has 146 valence electrons. The second-order valence-electron chi connectivity index (χ2n) is 7.06. The molecule has 3 rings (SSSR count). The number of hydrogen-bond acceptors (Lipinski definition) is 1. The topological polar surface area (TPSA) is 9.23 Å². The molecular formula is C24H29IOSiSn. The molecule has 0 saturated carbocycles. The van der Waals surface area contributed by atoms with Gasteiger partial charge in [-0.05, 0) is 22.4 Å². The molecule has 0 bridgehead atoms. The number of rotatable bonds is 7. The number of benzene rings is 3. The summed E-state index contributed by atoms with van der Waals surface area (Å²) in [6.45, 7) is 0. The average molecular weight is 607 g/mol. The van der Waals surface area contributed by atoms with Gasteiger partial charge in [0.05, 0.1) is 6.10 Å². The van der Waals surface area contributed by atoms with Gasteiger partial charge in [-0.3, -0.25) is 0 Å². The molecule has 4 heteroatoms. The molecule has 2 radical (unpaired) electrons. The second kappa shape index (κ2) is 13.6. The van der Waals surface area contributed by atoms with E-state index >= 15 is 0 Å². The van der Waals surface area contributed by atoms with E-state index in [1.165, 1.54) is 15.9 Å². The molecule has 0 aliphatic carbocycles. The normalized spacial score (nSPS) is 11.8. The molecule has 0 aliphatic rings. The van der Waals surface area contributed by atoms with Crippen LogP contribution >= 0.6 is 22.6 Å². The molecule has 0 N–H and O–H groups in total. The molecule has 28 heavy (non-hydrogen) atoms. The summed E-state index contributed by atoms with van der Waals surface area (Å²) in [5, 5.41) is 2.59. The van der Waals surface area contributed by atoms with Gasteiger partial charge in [-0.25, -0.2) is 0 Å². The van der Waals surface area contributed by atoms with E-state index in [2.05, 4.69) is 128 Å². The van der Waals surface area contributed by atoms with E-state index in [0.29, 0.717) is 0 Å². The molecule has 1 atom stereocenters. The summed E-state index contributed by atoms with van der Waals surface area (Å²) in [5.41, 5.74) is 1.27. The van der Waals surface area contributed by atoms with Gasteiger partial charge in [0.2, 0.25) is 0 Å². The van der Waals surface area contributed by atoms with Crippen LogP contribution in [0, 0.1) is 0 Å². The first-order chi connectivity index (χ1) is 13.6. The van der Waals surface area contributed by atoms with Crippen molar-refractivity contribution in [3.05, 3.63) is 96.6 Å². The Bertz CT molecular complexity index is 726. The molecule has 3 aromatic carbocycles. The van der Waals surface area contributed by atoms with Gasteiger partial charge in [-0.2, -0.15) is 0 Å². The summed E-state index contributed by atoms with van der Waals surface area (Å²) in [6.07, 6.45) is 1.16. The fourth-order valence-corrected chi connectivity index (χ4v) is 5.38. The first-order valence-corrected chi connectivity index (χ1v) is 21.1. The zero-order chi connectivity index (χ0) is 20.2. The van der Waals surface area contributed by atoms with Crippen LogP contribution in [0.15, 0.2) is 91.0 Å². The molecule has 1 nitrogen and oxygen atoms in total. The van der Waals surface area contributed by atoms with Crippen LogP contribution in [0.25, 0.3) is 0 Å². The van der Waals surface area contributed by atoms with Crippen molar-refractivity contribution in [1.82, 2.24) is 0 Å². The summed E-state index contributed by atoms with van der Waals surface area (Å²) in [6, 6.07) is 31.9. The zero-order valence-electron chi connectivity index (χ0n) is 16.9. The zero-order valence-corrected chi connectivity index (χ0v) is 22.9. The van der Waals surface area contributed by atoms with Gasteiger partial charge in [0.1, 0.15) is 0 Å². The first kappa shape index (κ1) is 23.6. The first-order valence-electron chi connectivity index (χ1n) is 9.64. The van der Waals surface area contributed by atoms with E-state index in [9.17, 15) is 0 Å². The van der Waals surface area contributed by atoms with Crippen molar-refractivity contribution in [2.45, 2.75) is 27.3 Å². The van der Waals surface area contributed by atoms with Gasteiger partial charge in [0.25, 0.3) is 9.04 Å². The number of hydrogen-bond donors (Lipinski definition) is 0. The Balaban J connectivity index is 0.000000640. The van der Waals surface area contributed by atoms with Gasteiger partial charge in [-0.15, -0.1) is 0 Å². The Morgan fingerprint density at radius 1 is 0.750 bits per heavy atom. The molecule has 0 fully saturated rings. The molecule has 3 aromatic rings. The van der Waals surface area contributed by atoms with Crippen LogP contribution in [0.4, 0.5) is 0 Å². The Morgan fingerprint density at radius 2 is 1.14 bits per heavy atom. The maximum atomic E-state index is 6.75. The van der Waals surface area contributed by atoms with Crippen LogP contribution < -0.4 is 10.4 Å². The van der Waals surface area contributed by atoms with E-state index in [1.54, 1.807) is 0 Å². The van der Waals surface area contributed by atoms with Gasteiger partial charge < -0.3 is 4.43 Å². The standard InChI is InChI=1S/C21H20IOSi.3CH3.Sn/c22-17-16-21(18-10-4-1-5-11-18)23-24(19-12-6-2-7-13-19)20-14-8-3-9-15-20;;;;/h1-15,21H,16-17H2;3*1H3;. The minimum absolute atomic E-state index is 0.136. The second-order valence-corrected chi connectivity index (χ2v) is 18.7. The van der Waals surface area contributed by atoms with Crippen molar-refractivity contribution in [1.29, 1.82) is 0 Å². The minimum atomic E-state index is -1.27. The van der Waals surface area contributed by atoms with Gasteiger partial charge >= 0.3 is 34.6 Å². The van der Waals surface area contributed by atoms with Crippen LogP contribution in [0.2, 0.25) is 14.8 Å². The van der Waals surface area contributed by atoms with Crippen molar-refractivity contribution in [3.63, 3.8) is 0 Å². The number of alkyl halides is 1. The monoisotopic (exact) mass is 608 g/mol. The van der Waals surface area contributed by atoms with Crippen molar-refractivity contribution in [2.75, 3.05) is 4.43 Å². The molecule has 0 saturated heterocycles. The van der Waals surface area contributed by atoms with Crippen LogP contribution in [0.5, 0.6) is 0 Å². The van der Waals surface area contributed by atoms with Crippen molar-refractivity contribution in [2.24, 2.45) is 0 Å².